The zero-order valence-electron chi connectivity index (χ0n) is 8.68. The third-order valence-corrected chi connectivity index (χ3v) is 2.00. The van der Waals surface area contributed by atoms with Gasteiger partial charge in [-0.2, -0.15) is 0 Å². The quantitative estimate of drug-likeness (QED) is 0.343. The monoisotopic (exact) mass is 179 g/mol. The standard InChI is InChI=1S/C12H21N/c1-4-6-7-8-9-11-13-12(3)10-5-2/h2,4,12-13H,1,6-11H2,3H3. The van der Waals surface area contributed by atoms with Crippen molar-refractivity contribution in [2.75, 3.05) is 6.54 Å². The first-order valence-corrected chi connectivity index (χ1v) is 5.09. The summed E-state index contributed by atoms with van der Waals surface area (Å²) in [7, 11) is 0. The molecule has 0 fully saturated rings. The number of terminal acetylenes is 1. The summed E-state index contributed by atoms with van der Waals surface area (Å²) in [5.74, 6) is 2.65. The maximum absolute atomic E-state index is 5.20. The second-order valence-electron chi connectivity index (χ2n) is 3.40. The molecule has 0 rings (SSSR count). The molecule has 0 radical (unpaired) electrons. The van der Waals surface area contributed by atoms with Crippen LogP contribution in [0.25, 0.3) is 0 Å². The van der Waals surface area contributed by atoms with Crippen LogP contribution in [-0.2, 0) is 0 Å². The second kappa shape index (κ2) is 9.35. The summed E-state index contributed by atoms with van der Waals surface area (Å²) < 4.78 is 0. The molecule has 0 amide bonds. The van der Waals surface area contributed by atoms with Crippen molar-refractivity contribution >= 4 is 0 Å². The molecule has 0 saturated heterocycles. The molecule has 0 heterocycles. The molecule has 0 spiro atoms. The molecule has 0 aromatic carbocycles. The molecule has 1 N–H and O–H groups in total. The highest BCUT2D eigenvalue weighted by molar-refractivity contribution is 4.87. The van der Waals surface area contributed by atoms with Gasteiger partial charge in [-0.3, -0.25) is 0 Å². The van der Waals surface area contributed by atoms with Crippen LogP contribution in [0, 0.1) is 12.3 Å². The summed E-state index contributed by atoms with van der Waals surface area (Å²) >= 11 is 0. The maximum Gasteiger partial charge on any atom is 0.0238 e. The van der Waals surface area contributed by atoms with Crippen molar-refractivity contribution in [3.63, 3.8) is 0 Å². The van der Waals surface area contributed by atoms with Crippen molar-refractivity contribution in [2.24, 2.45) is 0 Å². The number of hydrogen-bond acceptors (Lipinski definition) is 1. The zero-order chi connectivity index (χ0) is 9.94. The first-order chi connectivity index (χ1) is 6.31. The Kier molecular flexibility index (Phi) is 8.82. The van der Waals surface area contributed by atoms with E-state index in [9.17, 15) is 0 Å². The molecule has 0 aliphatic heterocycles. The largest absolute Gasteiger partial charge is 0.313 e. The Labute approximate surface area is 82.6 Å². The van der Waals surface area contributed by atoms with Crippen LogP contribution in [0.1, 0.15) is 39.0 Å². The summed E-state index contributed by atoms with van der Waals surface area (Å²) in [4.78, 5) is 0. The minimum Gasteiger partial charge on any atom is -0.313 e. The van der Waals surface area contributed by atoms with Crippen LogP contribution in [0.3, 0.4) is 0 Å². The van der Waals surface area contributed by atoms with Crippen LogP contribution in [0.15, 0.2) is 12.7 Å². The highest BCUT2D eigenvalue weighted by Crippen LogP contribution is 1.99. The summed E-state index contributed by atoms with van der Waals surface area (Å²) in [5.41, 5.74) is 0. The van der Waals surface area contributed by atoms with Gasteiger partial charge in [0, 0.05) is 12.5 Å². The zero-order valence-corrected chi connectivity index (χ0v) is 8.68. The van der Waals surface area contributed by atoms with Crippen molar-refractivity contribution in [2.45, 2.75) is 45.1 Å². The van der Waals surface area contributed by atoms with E-state index in [4.69, 9.17) is 6.42 Å². The molecule has 1 unspecified atom stereocenters. The van der Waals surface area contributed by atoms with Crippen LogP contribution in [0.4, 0.5) is 0 Å². The molecule has 0 aromatic rings. The predicted molar refractivity (Wildman–Crippen MR) is 59.6 cm³/mol. The summed E-state index contributed by atoms with van der Waals surface area (Å²) in [6.45, 7) is 6.91. The molecule has 1 heteroatoms. The number of allylic oxidation sites excluding steroid dienone is 1. The molecule has 13 heavy (non-hydrogen) atoms. The van der Waals surface area contributed by atoms with Gasteiger partial charge in [-0.1, -0.05) is 12.5 Å². The van der Waals surface area contributed by atoms with Crippen LogP contribution in [-0.4, -0.2) is 12.6 Å². The van der Waals surface area contributed by atoms with E-state index in [1.807, 2.05) is 6.08 Å². The van der Waals surface area contributed by atoms with Gasteiger partial charge in [0.25, 0.3) is 0 Å². The van der Waals surface area contributed by atoms with E-state index in [1.165, 1.54) is 19.3 Å². The van der Waals surface area contributed by atoms with Crippen molar-refractivity contribution in [3.8, 4) is 12.3 Å². The smallest absolute Gasteiger partial charge is 0.0238 e. The predicted octanol–water partition coefficient (Wildman–Crippen LogP) is 2.73. The van der Waals surface area contributed by atoms with E-state index < -0.39 is 0 Å². The molecule has 1 atom stereocenters. The average molecular weight is 179 g/mol. The Bertz CT molecular complexity index is 155. The van der Waals surface area contributed by atoms with Gasteiger partial charge in [-0.05, 0) is 32.7 Å². The number of rotatable bonds is 8. The summed E-state index contributed by atoms with van der Waals surface area (Å²) in [6.07, 6.45) is 12.9. The molecule has 74 valence electrons. The minimum absolute atomic E-state index is 0.462. The molecule has 1 nitrogen and oxygen atoms in total. The SMILES string of the molecule is C#CCC(C)NCCCCCC=C. The van der Waals surface area contributed by atoms with Gasteiger partial charge in [-0.15, -0.1) is 18.9 Å². The Morgan fingerprint density at radius 3 is 2.85 bits per heavy atom. The fourth-order valence-electron chi connectivity index (χ4n) is 1.19. The topological polar surface area (TPSA) is 12.0 Å². The molecular weight excluding hydrogens is 158 g/mol. The molecule has 0 aromatic heterocycles. The lowest BCUT2D eigenvalue weighted by atomic mass is 10.2. The fraction of sp³-hybridized carbons (Fsp3) is 0.667. The van der Waals surface area contributed by atoms with Crippen molar-refractivity contribution < 1.29 is 0 Å². The fourth-order valence-corrected chi connectivity index (χ4v) is 1.19. The first-order valence-electron chi connectivity index (χ1n) is 5.09. The lowest BCUT2D eigenvalue weighted by Gasteiger charge is -2.09. The Hall–Kier alpha value is -0.740. The van der Waals surface area contributed by atoms with Crippen molar-refractivity contribution in [1.29, 1.82) is 0 Å². The van der Waals surface area contributed by atoms with E-state index in [2.05, 4.69) is 24.7 Å². The second-order valence-corrected chi connectivity index (χ2v) is 3.40. The summed E-state index contributed by atoms with van der Waals surface area (Å²) in [6, 6.07) is 0.462. The van der Waals surface area contributed by atoms with Crippen molar-refractivity contribution in [1.82, 2.24) is 5.32 Å². The number of unbranched alkanes of at least 4 members (excludes halogenated alkanes) is 3. The first kappa shape index (κ1) is 12.3. The molecule has 0 bridgehead atoms. The lowest BCUT2D eigenvalue weighted by Crippen LogP contribution is -2.26. The number of nitrogens with one attached hydrogen (secondary N) is 1. The van der Waals surface area contributed by atoms with Gasteiger partial charge in [0.15, 0.2) is 0 Å². The van der Waals surface area contributed by atoms with Crippen LogP contribution >= 0.6 is 0 Å². The summed E-state index contributed by atoms with van der Waals surface area (Å²) in [5, 5.41) is 3.39. The number of hydrogen-bond donors (Lipinski definition) is 1. The van der Waals surface area contributed by atoms with Crippen LogP contribution in [0.2, 0.25) is 0 Å². The van der Waals surface area contributed by atoms with Crippen LogP contribution < -0.4 is 5.32 Å². The Balaban J connectivity index is 3.07. The molecule has 0 aliphatic rings. The third-order valence-electron chi connectivity index (χ3n) is 2.00. The van der Waals surface area contributed by atoms with E-state index in [0.717, 1.165) is 19.4 Å². The van der Waals surface area contributed by atoms with Gasteiger partial charge >= 0.3 is 0 Å². The molecule has 0 saturated carbocycles. The van der Waals surface area contributed by atoms with Gasteiger partial charge < -0.3 is 5.32 Å². The molecular formula is C12H21N. The van der Waals surface area contributed by atoms with Gasteiger partial charge in [0.05, 0.1) is 0 Å². The Morgan fingerprint density at radius 2 is 2.23 bits per heavy atom. The van der Waals surface area contributed by atoms with Gasteiger partial charge in [-0.25, -0.2) is 0 Å². The average Bonchev–Trinajstić information content (AvgIpc) is 2.11. The van der Waals surface area contributed by atoms with Gasteiger partial charge in [0.1, 0.15) is 0 Å². The third kappa shape index (κ3) is 9.17. The Morgan fingerprint density at radius 1 is 1.46 bits per heavy atom. The lowest BCUT2D eigenvalue weighted by molar-refractivity contribution is 0.530. The minimum atomic E-state index is 0.462. The van der Waals surface area contributed by atoms with E-state index in [1.54, 1.807) is 0 Å². The highest BCUT2D eigenvalue weighted by Gasteiger charge is 1.96. The molecule has 0 aliphatic carbocycles. The van der Waals surface area contributed by atoms with E-state index in [0.29, 0.717) is 6.04 Å². The van der Waals surface area contributed by atoms with Gasteiger partial charge in [0.2, 0.25) is 0 Å². The maximum atomic E-state index is 5.20. The van der Waals surface area contributed by atoms with Crippen LogP contribution in [0.5, 0.6) is 0 Å². The highest BCUT2D eigenvalue weighted by atomic mass is 14.9. The van der Waals surface area contributed by atoms with E-state index in [-0.39, 0.29) is 0 Å². The van der Waals surface area contributed by atoms with Crippen molar-refractivity contribution in [3.05, 3.63) is 12.7 Å². The van der Waals surface area contributed by atoms with E-state index >= 15 is 0 Å². The normalized spacial score (nSPS) is 12.0.